The second-order valence-electron chi connectivity index (χ2n) is 3.89. The minimum atomic E-state index is -1.56. The standard InChI is InChI=1S/C13H8F4O3/c1-6(18)19-5-7-2-3-10(20-7)11-12(16)8(14)4-9(15)13(11)17/h2-4H,5H2,1H3. The van der Waals surface area contributed by atoms with Crippen molar-refractivity contribution in [1.29, 1.82) is 0 Å². The van der Waals surface area contributed by atoms with Gasteiger partial charge in [-0.3, -0.25) is 4.79 Å². The van der Waals surface area contributed by atoms with Gasteiger partial charge in [0.25, 0.3) is 0 Å². The molecule has 1 heterocycles. The van der Waals surface area contributed by atoms with E-state index in [1.807, 2.05) is 0 Å². The van der Waals surface area contributed by atoms with Gasteiger partial charge in [-0.15, -0.1) is 0 Å². The third-order valence-electron chi connectivity index (χ3n) is 2.44. The lowest BCUT2D eigenvalue weighted by Gasteiger charge is -2.04. The SMILES string of the molecule is CC(=O)OCc1ccc(-c2c(F)c(F)cc(F)c2F)o1. The summed E-state index contributed by atoms with van der Waals surface area (Å²) in [7, 11) is 0. The molecule has 0 bridgehead atoms. The predicted octanol–water partition coefficient (Wildman–Crippen LogP) is 3.57. The number of ether oxygens (including phenoxy) is 1. The van der Waals surface area contributed by atoms with E-state index in [1.54, 1.807) is 0 Å². The van der Waals surface area contributed by atoms with Crippen molar-refractivity contribution < 1.29 is 31.5 Å². The monoisotopic (exact) mass is 288 g/mol. The second-order valence-corrected chi connectivity index (χ2v) is 3.89. The van der Waals surface area contributed by atoms with Crippen LogP contribution < -0.4 is 0 Å². The van der Waals surface area contributed by atoms with Crippen LogP contribution in [0, 0.1) is 23.3 Å². The average Bonchev–Trinajstić information content (AvgIpc) is 2.83. The van der Waals surface area contributed by atoms with E-state index in [1.165, 1.54) is 13.0 Å². The highest BCUT2D eigenvalue weighted by molar-refractivity contribution is 5.66. The van der Waals surface area contributed by atoms with Crippen molar-refractivity contribution in [2.24, 2.45) is 0 Å². The molecule has 3 nitrogen and oxygen atoms in total. The first kappa shape index (κ1) is 14.1. The van der Waals surface area contributed by atoms with Crippen molar-refractivity contribution >= 4 is 5.97 Å². The van der Waals surface area contributed by atoms with Gasteiger partial charge in [0.05, 0.1) is 5.56 Å². The highest BCUT2D eigenvalue weighted by Gasteiger charge is 2.23. The first-order chi connectivity index (χ1) is 9.40. The molecule has 0 spiro atoms. The smallest absolute Gasteiger partial charge is 0.303 e. The van der Waals surface area contributed by atoms with Crippen LogP contribution in [0.15, 0.2) is 22.6 Å². The summed E-state index contributed by atoms with van der Waals surface area (Å²) in [4.78, 5) is 10.6. The number of carbonyl (C=O) groups is 1. The Hall–Kier alpha value is -2.31. The fraction of sp³-hybridized carbons (Fsp3) is 0.154. The Morgan fingerprint density at radius 2 is 1.75 bits per heavy atom. The summed E-state index contributed by atoms with van der Waals surface area (Å²) in [5.41, 5.74) is -0.948. The Morgan fingerprint density at radius 1 is 1.15 bits per heavy atom. The number of hydrogen-bond acceptors (Lipinski definition) is 3. The Balaban J connectivity index is 2.40. The summed E-state index contributed by atoms with van der Waals surface area (Å²) >= 11 is 0. The van der Waals surface area contributed by atoms with Gasteiger partial charge in [0, 0.05) is 13.0 Å². The molecule has 2 aromatic rings. The van der Waals surface area contributed by atoms with Gasteiger partial charge < -0.3 is 9.15 Å². The van der Waals surface area contributed by atoms with Crippen LogP contribution in [0.3, 0.4) is 0 Å². The van der Waals surface area contributed by atoms with E-state index in [0.717, 1.165) is 6.07 Å². The van der Waals surface area contributed by atoms with Crippen LogP contribution in [0.1, 0.15) is 12.7 Å². The average molecular weight is 288 g/mol. The van der Waals surface area contributed by atoms with Gasteiger partial charge in [0.15, 0.2) is 23.3 Å². The van der Waals surface area contributed by atoms with Gasteiger partial charge >= 0.3 is 5.97 Å². The third-order valence-corrected chi connectivity index (χ3v) is 2.44. The molecule has 0 amide bonds. The number of carbonyl (C=O) groups excluding carboxylic acids is 1. The molecule has 0 radical (unpaired) electrons. The fourth-order valence-corrected chi connectivity index (χ4v) is 1.55. The molecule has 0 saturated carbocycles. The summed E-state index contributed by atoms with van der Waals surface area (Å²) in [5.74, 6) is -7.07. The van der Waals surface area contributed by atoms with Gasteiger partial charge in [0.1, 0.15) is 18.1 Å². The van der Waals surface area contributed by atoms with Gasteiger partial charge in [-0.2, -0.15) is 0 Å². The maximum absolute atomic E-state index is 13.5. The van der Waals surface area contributed by atoms with Crippen LogP contribution in [0.25, 0.3) is 11.3 Å². The molecule has 0 aliphatic heterocycles. The third kappa shape index (κ3) is 2.66. The first-order valence-electron chi connectivity index (χ1n) is 5.45. The molecule has 0 unspecified atom stereocenters. The molecule has 1 aromatic carbocycles. The largest absolute Gasteiger partial charge is 0.458 e. The maximum atomic E-state index is 13.5. The molecule has 0 aliphatic carbocycles. The zero-order chi connectivity index (χ0) is 14.9. The summed E-state index contributed by atoms with van der Waals surface area (Å²) in [6.07, 6.45) is 0. The highest BCUT2D eigenvalue weighted by atomic mass is 19.2. The Bertz CT molecular complexity index is 638. The molecule has 0 N–H and O–H groups in total. The molecule has 20 heavy (non-hydrogen) atoms. The van der Waals surface area contributed by atoms with Crippen molar-refractivity contribution in [2.75, 3.05) is 0 Å². The van der Waals surface area contributed by atoms with Crippen molar-refractivity contribution in [2.45, 2.75) is 13.5 Å². The zero-order valence-electron chi connectivity index (χ0n) is 10.2. The first-order valence-corrected chi connectivity index (χ1v) is 5.45. The number of esters is 1. The van der Waals surface area contributed by atoms with Crippen LogP contribution in [0.2, 0.25) is 0 Å². The van der Waals surface area contributed by atoms with E-state index < -0.39 is 40.6 Å². The maximum Gasteiger partial charge on any atom is 0.303 e. The Labute approximate surface area is 110 Å². The van der Waals surface area contributed by atoms with E-state index in [4.69, 9.17) is 4.42 Å². The minimum Gasteiger partial charge on any atom is -0.458 e. The molecule has 106 valence electrons. The Kier molecular flexibility index (Phi) is 3.78. The lowest BCUT2D eigenvalue weighted by Crippen LogP contribution is -1.98. The number of rotatable bonds is 3. The van der Waals surface area contributed by atoms with Crippen molar-refractivity contribution in [1.82, 2.24) is 0 Å². The molecule has 0 fully saturated rings. The lowest BCUT2D eigenvalue weighted by atomic mass is 10.1. The lowest BCUT2D eigenvalue weighted by molar-refractivity contribution is -0.142. The van der Waals surface area contributed by atoms with Crippen LogP contribution in [0.5, 0.6) is 0 Å². The fourth-order valence-electron chi connectivity index (χ4n) is 1.55. The van der Waals surface area contributed by atoms with E-state index in [-0.39, 0.29) is 18.4 Å². The van der Waals surface area contributed by atoms with E-state index in [2.05, 4.69) is 4.74 Å². The number of benzene rings is 1. The normalized spacial score (nSPS) is 10.7. The van der Waals surface area contributed by atoms with E-state index >= 15 is 0 Å². The number of halogens is 4. The van der Waals surface area contributed by atoms with Crippen molar-refractivity contribution in [3.8, 4) is 11.3 Å². The minimum absolute atomic E-state index is 0.0821. The van der Waals surface area contributed by atoms with Crippen LogP contribution in [-0.2, 0) is 16.1 Å². The molecular formula is C13H8F4O3. The topological polar surface area (TPSA) is 39.4 Å². The highest BCUT2D eigenvalue weighted by Crippen LogP contribution is 2.31. The summed E-state index contributed by atoms with van der Waals surface area (Å²) < 4.78 is 62.8. The molecule has 7 heteroatoms. The predicted molar refractivity (Wildman–Crippen MR) is 59.4 cm³/mol. The summed E-state index contributed by atoms with van der Waals surface area (Å²) in [6.45, 7) is 0.918. The Morgan fingerprint density at radius 3 is 2.30 bits per heavy atom. The molecular weight excluding hydrogens is 280 g/mol. The van der Waals surface area contributed by atoms with Gasteiger partial charge in [-0.05, 0) is 12.1 Å². The molecule has 0 saturated heterocycles. The van der Waals surface area contributed by atoms with Crippen LogP contribution in [0.4, 0.5) is 17.6 Å². The van der Waals surface area contributed by atoms with Crippen LogP contribution >= 0.6 is 0 Å². The van der Waals surface area contributed by atoms with Crippen molar-refractivity contribution in [3.05, 3.63) is 47.2 Å². The van der Waals surface area contributed by atoms with Crippen LogP contribution in [-0.4, -0.2) is 5.97 Å². The second kappa shape index (κ2) is 5.36. The molecule has 2 rings (SSSR count). The molecule has 0 aliphatic rings. The number of hydrogen-bond donors (Lipinski definition) is 0. The van der Waals surface area contributed by atoms with E-state index in [9.17, 15) is 22.4 Å². The zero-order valence-corrected chi connectivity index (χ0v) is 10.2. The summed E-state index contributed by atoms with van der Waals surface area (Å²) in [6, 6.07) is 2.51. The van der Waals surface area contributed by atoms with Crippen molar-refractivity contribution in [3.63, 3.8) is 0 Å². The van der Waals surface area contributed by atoms with Gasteiger partial charge in [-0.1, -0.05) is 0 Å². The number of furan rings is 1. The molecule has 1 aromatic heterocycles. The van der Waals surface area contributed by atoms with Gasteiger partial charge in [0.2, 0.25) is 0 Å². The van der Waals surface area contributed by atoms with Gasteiger partial charge in [-0.25, -0.2) is 17.6 Å². The molecule has 0 atom stereocenters. The quantitative estimate of drug-likeness (QED) is 0.492. The summed E-state index contributed by atoms with van der Waals surface area (Å²) in [5, 5.41) is 0. The van der Waals surface area contributed by atoms with E-state index in [0.29, 0.717) is 0 Å².